The number of hydrogen-bond donors (Lipinski definition) is 3. The summed E-state index contributed by atoms with van der Waals surface area (Å²) in [6.45, 7) is 1.37. The number of halogens is 1. The van der Waals surface area contributed by atoms with Crippen LogP contribution in [0.4, 0.5) is 0 Å². The number of nitrogens with two attached hydrogens (primary N) is 1. The first-order valence-electron chi connectivity index (χ1n) is 18.1. The van der Waals surface area contributed by atoms with Crippen molar-refractivity contribution in [3.63, 3.8) is 0 Å². The van der Waals surface area contributed by atoms with Gasteiger partial charge in [-0.05, 0) is 17.5 Å². The molecule has 0 fully saturated rings. The van der Waals surface area contributed by atoms with E-state index in [0.29, 0.717) is 25.1 Å². The Labute approximate surface area is 311 Å². The summed E-state index contributed by atoms with van der Waals surface area (Å²) in [4.78, 5) is 9.19. The van der Waals surface area contributed by atoms with E-state index in [1.165, 1.54) is 40.7 Å². The molecule has 1 heterocycles. The SMILES string of the molecule is NC1=NC(c2ccc(OCCCCCCCCP(Br)(c3ccccc3)(c3ccccc3)c3ccccc3)cc2)NC(=NCCc2ccccc2)N1. The number of aliphatic imine (C=N–C) groups is 2. The minimum atomic E-state index is -2.83. The van der Waals surface area contributed by atoms with E-state index in [2.05, 4.69) is 139 Å². The van der Waals surface area contributed by atoms with Crippen LogP contribution < -0.4 is 37.0 Å². The Morgan fingerprint density at radius 2 is 1.16 bits per heavy atom. The molecule has 0 saturated heterocycles. The fraction of sp³-hybridized carbons (Fsp3) is 0.256. The molecule has 0 spiro atoms. The summed E-state index contributed by atoms with van der Waals surface area (Å²) in [6.07, 6.45) is 8.64. The minimum absolute atomic E-state index is 0.295. The van der Waals surface area contributed by atoms with Crippen molar-refractivity contribution < 1.29 is 4.74 Å². The van der Waals surface area contributed by atoms with Crippen LogP contribution in [0.2, 0.25) is 0 Å². The first kappa shape index (κ1) is 36.3. The average molecular weight is 763 g/mol. The second-order valence-electron chi connectivity index (χ2n) is 13.1. The monoisotopic (exact) mass is 761 g/mol. The maximum absolute atomic E-state index is 6.10. The molecule has 8 heteroatoms. The van der Waals surface area contributed by atoms with Crippen molar-refractivity contribution in [1.82, 2.24) is 10.6 Å². The van der Waals surface area contributed by atoms with E-state index in [-0.39, 0.29) is 6.17 Å². The molecule has 264 valence electrons. The Kier molecular flexibility index (Phi) is 12.6. The first-order chi connectivity index (χ1) is 25.0. The molecule has 5 aromatic rings. The molecular formula is C43H49BrN5OP. The predicted molar refractivity (Wildman–Crippen MR) is 222 cm³/mol. The van der Waals surface area contributed by atoms with Crippen molar-refractivity contribution >= 4 is 48.6 Å². The van der Waals surface area contributed by atoms with Gasteiger partial charge in [-0.2, -0.15) is 0 Å². The molecule has 5 aromatic carbocycles. The normalized spacial score (nSPS) is 15.9. The smallest absolute Gasteiger partial charge is 0.330 e. The second-order valence-corrected chi connectivity index (χ2v) is 22.2. The van der Waals surface area contributed by atoms with E-state index < -0.39 is 5.31 Å². The zero-order valence-corrected chi connectivity index (χ0v) is 31.7. The van der Waals surface area contributed by atoms with E-state index in [0.717, 1.165) is 43.2 Å². The zero-order chi connectivity index (χ0) is 35.2. The van der Waals surface area contributed by atoms with Gasteiger partial charge in [0.2, 0.25) is 0 Å². The molecule has 1 aliphatic heterocycles. The summed E-state index contributed by atoms with van der Waals surface area (Å²) in [5.74, 6) is 1.86. The summed E-state index contributed by atoms with van der Waals surface area (Å²) in [5, 5.41) is 7.73. The molecule has 0 saturated carbocycles. The van der Waals surface area contributed by atoms with E-state index in [1.807, 2.05) is 42.5 Å². The van der Waals surface area contributed by atoms with Crippen LogP contribution in [0.1, 0.15) is 55.8 Å². The molecule has 0 radical (unpaired) electrons. The molecule has 1 atom stereocenters. The van der Waals surface area contributed by atoms with Gasteiger partial charge in [0.05, 0.1) is 0 Å². The number of hydrogen-bond acceptors (Lipinski definition) is 4. The minimum Gasteiger partial charge on any atom is -0.330 e. The topological polar surface area (TPSA) is 84.0 Å². The van der Waals surface area contributed by atoms with Crippen LogP contribution in [0.5, 0.6) is 5.75 Å². The molecule has 0 amide bonds. The Balaban J connectivity index is 0.950. The Morgan fingerprint density at radius 3 is 1.73 bits per heavy atom. The number of guanidine groups is 2. The van der Waals surface area contributed by atoms with Crippen LogP contribution >= 0.6 is 20.8 Å². The van der Waals surface area contributed by atoms with E-state index in [4.69, 9.17) is 10.5 Å². The van der Waals surface area contributed by atoms with Gasteiger partial charge in [-0.1, -0.05) is 30.3 Å². The van der Waals surface area contributed by atoms with Gasteiger partial charge in [0.1, 0.15) is 0 Å². The van der Waals surface area contributed by atoms with Gasteiger partial charge in [0.25, 0.3) is 0 Å². The number of rotatable bonds is 17. The van der Waals surface area contributed by atoms with Crippen LogP contribution in [0.25, 0.3) is 0 Å². The first-order valence-corrected chi connectivity index (χ1v) is 22.5. The van der Waals surface area contributed by atoms with Crippen LogP contribution in [-0.2, 0) is 6.42 Å². The van der Waals surface area contributed by atoms with E-state index >= 15 is 0 Å². The molecule has 6 rings (SSSR count). The van der Waals surface area contributed by atoms with E-state index in [1.54, 1.807) is 0 Å². The molecular weight excluding hydrogens is 713 g/mol. The van der Waals surface area contributed by atoms with Crippen LogP contribution in [0.3, 0.4) is 0 Å². The fourth-order valence-electron chi connectivity index (χ4n) is 6.88. The van der Waals surface area contributed by atoms with Gasteiger partial charge < -0.3 is 11.1 Å². The molecule has 1 unspecified atom stereocenters. The predicted octanol–water partition coefficient (Wildman–Crippen LogP) is 8.35. The third-order valence-corrected chi connectivity index (χ3v) is 19.7. The molecule has 0 aromatic heterocycles. The van der Waals surface area contributed by atoms with Crippen molar-refractivity contribution in [2.75, 3.05) is 19.3 Å². The summed E-state index contributed by atoms with van der Waals surface area (Å²) in [7, 11) is 0. The van der Waals surface area contributed by atoms with E-state index in [9.17, 15) is 0 Å². The van der Waals surface area contributed by atoms with Gasteiger partial charge >= 0.3 is 214 Å². The fourth-order valence-corrected chi connectivity index (χ4v) is 14.6. The number of ether oxygens (including phenoxy) is 1. The quantitative estimate of drug-likeness (QED) is 0.0658. The summed E-state index contributed by atoms with van der Waals surface area (Å²) >= 11 is 4.58. The number of benzene rings is 5. The zero-order valence-electron chi connectivity index (χ0n) is 29.2. The third-order valence-electron chi connectivity index (χ3n) is 9.62. The van der Waals surface area contributed by atoms with Gasteiger partial charge in [-0.3, -0.25) is 10.3 Å². The van der Waals surface area contributed by atoms with Crippen LogP contribution in [0, 0.1) is 0 Å². The number of nitrogens with zero attached hydrogens (tertiary/aromatic N) is 2. The Morgan fingerprint density at radius 1 is 0.647 bits per heavy atom. The summed E-state index contributed by atoms with van der Waals surface area (Å²) < 4.78 is 6.10. The van der Waals surface area contributed by atoms with Crippen molar-refractivity contribution in [2.45, 2.75) is 51.1 Å². The van der Waals surface area contributed by atoms with Crippen molar-refractivity contribution in [3.8, 4) is 5.75 Å². The van der Waals surface area contributed by atoms with Crippen molar-refractivity contribution in [2.24, 2.45) is 15.7 Å². The van der Waals surface area contributed by atoms with Gasteiger partial charge in [-0.25, -0.2) is 4.99 Å². The number of unbranched alkanes of at least 4 members (excludes halogenated alkanes) is 5. The molecule has 0 bridgehead atoms. The van der Waals surface area contributed by atoms with Gasteiger partial charge in [0, 0.05) is 6.54 Å². The molecule has 6 nitrogen and oxygen atoms in total. The maximum atomic E-state index is 6.10. The van der Waals surface area contributed by atoms with Crippen molar-refractivity contribution in [1.29, 1.82) is 0 Å². The Hall–Kier alpha value is -4.45. The second kappa shape index (κ2) is 17.7. The van der Waals surface area contributed by atoms with Crippen molar-refractivity contribution in [3.05, 3.63) is 157 Å². The summed E-state index contributed by atoms with van der Waals surface area (Å²) in [6, 6.07) is 51.7. The average Bonchev–Trinajstić information content (AvgIpc) is 3.19. The van der Waals surface area contributed by atoms with Crippen LogP contribution in [-0.4, -0.2) is 31.2 Å². The summed E-state index contributed by atoms with van der Waals surface area (Å²) in [5.41, 5.74) is 8.35. The molecule has 1 aliphatic rings. The third kappa shape index (κ3) is 9.08. The van der Waals surface area contributed by atoms with Crippen LogP contribution in [0.15, 0.2) is 156 Å². The molecule has 0 aliphatic carbocycles. The standard InChI is InChI=1S/C43H49BrN5OP/c44-51(38-21-11-6-12-22-38,39-23-13-7-14-24-39,40-25-15-8-16-26-40)34-18-4-2-1-3-17-33-50-37-29-27-36(28-30-37)41-47-42(45)49-43(48-41)46-32-31-35-19-9-5-10-20-35/h5-16,19-30,41H,1-4,17-18,31-34H2,(H4,45,46,47,48,49). The molecule has 4 N–H and O–H groups in total. The molecule has 51 heavy (non-hydrogen) atoms. The Bertz CT molecular complexity index is 1760. The van der Waals surface area contributed by atoms with Gasteiger partial charge in [0.15, 0.2) is 18.1 Å². The van der Waals surface area contributed by atoms with Gasteiger partial charge in [-0.15, -0.1) is 0 Å². The number of nitrogens with one attached hydrogen (secondary N) is 2.